The van der Waals surface area contributed by atoms with Gasteiger partial charge >= 0.3 is 0 Å². The molecule has 0 saturated carbocycles. The molecule has 16 heavy (non-hydrogen) atoms. The number of piperazine rings is 1. The Bertz CT molecular complexity index is 365. The molecule has 0 amide bonds. The Morgan fingerprint density at radius 2 is 1.94 bits per heavy atom. The van der Waals surface area contributed by atoms with Gasteiger partial charge < -0.3 is 10.2 Å². The second-order valence-corrected chi connectivity index (χ2v) is 4.15. The van der Waals surface area contributed by atoms with E-state index in [0.29, 0.717) is 0 Å². The van der Waals surface area contributed by atoms with E-state index in [0.717, 1.165) is 31.9 Å². The monoisotopic (exact) mass is 246 g/mol. The first-order chi connectivity index (χ1) is 7.68. The van der Waals surface area contributed by atoms with Gasteiger partial charge in [0.15, 0.2) is 0 Å². The summed E-state index contributed by atoms with van der Waals surface area (Å²) in [7, 11) is 0. The summed E-state index contributed by atoms with van der Waals surface area (Å²) >= 11 is 5.72. The number of rotatable bonds is 2. The molecule has 0 bridgehead atoms. The third kappa shape index (κ3) is 2.44. The van der Waals surface area contributed by atoms with Crippen molar-refractivity contribution in [2.75, 3.05) is 31.1 Å². The third-order valence-corrected chi connectivity index (χ3v) is 3.04. The summed E-state index contributed by atoms with van der Waals surface area (Å²) in [5.74, 6) is 0. The Morgan fingerprint density at radius 3 is 2.56 bits per heavy atom. The maximum atomic E-state index is 12.7. The Hall–Kier alpha value is -0.870. The molecule has 1 heterocycles. The number of alkyl halides is 2. The lowest BCUT2D eigenvalue weighted by molar-refractivity contribution is 0.151. The van der Waals surface area contributed by atoms with E-state index in [2.05, 4.69) is 10.2 Å². The molecule has 1 aliphatic rings. The van der Waals surface area contributed by atoms with Gasteiger partial charge in [-0.25, -0.2) is 8.78 Å². The van der Waals surface area contributed by atoms with E-state index in [1.807, 2.05) is 0 Å². The Morgan fingerprint density at radius 1 is 1.25 bits per heavy atom. The molecule has 5 heteroatoms. The van der Waals surface area contributed by atoms with E-state index in [1.165, 1.54) is 6.07 Å². The normalized spacial score (nSPS) is 16.9. The molecule has 88 valence electrons. The summed E-state index contributed by atoms with van der Waals surface area (Å²) in [6.07, 6.45) is -2.52. The van der Waals surface area contributed by atoms with Gasteiger partial charge in [-0.05, 0) is 18.2 Å². The third-order valence-electron chi connectivity index (χ3n) is 2.70. The van der Waals surface area contributed by atoms with Gasteiger partial charge in [0, 0.05) is 42.5 Å². The number of nitrogens with one attached hydrogen (secondary N) is 1. The van der Waals surface area contributed by atoms with Crippen molar-refractivity contribution in [3.8, 4) is 0 Å². The van der Waals surface area contributed by atoms with Gasteiger partial charge in [-0.2, -0.15) is 0 Å². The molecule has 2 rings (SSSR count). The van der Waals surface area contributed by atoms with E-state index in [4.69, 9.17) is 11.6 Å². The van der Waals surface area contributed by atoms with Crippen LogP contribution >= 0.6 is 11.6 Å². The highest BCUT2D eigenvalue weighted by atomic mass is 35.5. The highest BCUT2D eigenvalue weighted by Gasteiger charge is 2.16. The number of hydrogen-bond acceptors (Lipinski definition) is 2. The zero-order valence-electron chi connectivity index (χ0n) is 8.72. The number of anilines is 1. The Balaban J connectivity index is 2.24. The fraction of sp³-hybridized carbons (Fsp3) is 0.455. The zero-order valence-corrected chi connectivity index (χ0v) is 9.47. The van der Waals surface area contributed by atoms with Crippen molar-refractivity contribution in [3.05, 3.63) is 28.8 Å². The number of nitrogens with zero attached hydrogens (tertiary/aromatic N) is 1. The fourth-order valence-corrected chi connectivity index (χ4v) is 2.02. The molecular formula is C11H13ClF2N2. The van der Waals surface area contributed by atoms with Gasteiger partial charge in [0.25, 0.3) is 6.43 Å². The zero-order chi connectivity index (χ0) is 11.5. The molecule has 0 atom stereocenters. The predicted octanol–water partition coefficient (Wildman–Crippen LogP) is 2.69. The predicted molar refractivity (Wildman–Crippen MR) is 61.5 cm³/mol. The van der Waals surface area contributed by atoms with Crippen LogP contribution < -0.4 is 10.2 Å². The molecule has 1 aromatic carbocycles. The van der Waals surface area contributed by atoms with Crippen molar-refractivity contribution in [1.82, 2.24) is 5.32 Å². The standard InChI is InChI=1S/C11H13ClF2N2/c12-10-2-1-8(7-9(10)11(13)14)16-5-3-15-4-6-16/h1-2,7,11,15H,3-6H2. The molecule has 0 aromatic heterocycles. The first-order valence-electron chi connectivity index (χ1n) is 5.22. The number of hydrogen-bond donors (Lipinski definition) is 1. The molecule has 1 saturated heterocycles. The topological polar surface area (TPSA) is 15.3 Å². The van der Waals surface area contributed by atoms with Crippen LogP contribution in [0.25, 0.3) is 0 Å². The lowest BCUT2D eigenvalue weighted by Gasteiger charge is -2.29. The van der Waals surface area contributed by atoms with Crippen LogP contribution in [0.5, 0.6) is 0 Å². The largest absolute Gasteiger partial charge is 0.369 e. The molecule has 0 aliphatic carbocycles. The summed E-state index contributed by atoms with van der Waals surface area (Å²) in [5, 5.41) is 3.35. The summed E-state index contributed by atoms with van der Waals surface area (Å²) in [5.41, 5.74) is 0.735. The number of benzene rings is 1. The SMILES string of the molecule is FC(F)c1cc(N2CCNCC2)ccc1Cl. The first-order valence-corrected chi connectivity index (χ1v) is 5.59. The average Bonchev–Trinajstić information content (AvgIpc) is 2.30. The molecule has 1 aliphatic heterocycles. The van der Waals surface area contributed by atoms with Gasteiger partial charge in [0.1, 0.15) is 0 Å². The van der Waals surface area contributed by atoms with Crippen molar-refractivity contribution in [3.63, 3.8) is 0 Å². The molecule has 1 aromatic rings. The van der Waals surface area contributed by atoms with Crippen LogP contribution in [0.1, 0.15) is 12.0 Å². The van der Waals surface area contributed by atoms with Crippen molar-refractivity contribution < 1.29 is 8.78 Å². The van der Waals surface area contributed by atoms with E-state index >= 15 is 0 Å². The number of halogens is 3. The van der Waals surface area contributed by atoms with E-state index in [-0.39, 0.29) is 10.6 Å². The summed E-state index contributed by atoms with van der Waals surface area (Å²) < 4.78 is 25.3. The quantitative estimate of drug-likeness (QED) is 0.863. The molecule has 1 fully saturated rings. The smallest absolute Gasteiger partial charge is 0.265 e. The summed E-state index contributed by atoms with van der Waals surface area (Å²) in [4.78, 5) is 2.08. The van der Waals surface area contributed by atoms with Crippen LogP contribution in [0.4, 0.5) is 14.5 Å². The summed E-state index contributed by atoms with van der Waals surface area (Å²) in [6, 6.07) is 4.82. The van der Waals surface area contributed by atoms with Crippen LogP contribution in [0.15, 0.2) is 18.2 Å². The van der Waals surface area contributed by atoms with Crippen molar-refractivity contribution in [1.29, 1.82) is 0 Å². The highest BCUT2D eigenvalue weighted by Crippen LogP contribution is 2.30. The van der Waals surface area contributed by atoms with Crippen LogP contribution in [0.2, 0.25) is 5.02 Å². The average molecular weight is 247 g/mol. The van der Waals surface area contributed by atoms with Gasteiger partial charge in [-0.15, -0.1) is 0 Å². The Kier molecular flexibility index (Phi) is 3.61. The summed E-state index contributed by atoms with van der Waals surface area (Å²) in [6.45, 7) is 3.44. The molecule has 2 nitrogen and oxygen atoms in total. The van der Waals surface area contributed by atoms with E-state index in [9.17, 15) is 8.78 Å². The maximum absolute atomic E-state index is 12.7. The molecule has 0 radical (unpaired) electrons. The van der Waals surface area contributed by atoms with E-state index < -0.39 is 6.43 Å². The molecule has 0 unspecified atom stereocenters. The van der Waals surface area contributed by atoms with Crippen LogP contribution in [0.3, 0.4) is 0 Å². The second-order valence-electron chi connectivity index (χ2n) is 3.74. The van der Waals surface area contributed by atoms with Crippen molar-refractivity contribution in [2.45, 2.75) is 6.43 Å². The maximum Gasteiger partial charge on any atom is 0.265 e. The molecular weight excluding hydrogens is 234 g/mol. The van der Waals surface area contributed by atoms with Crippen LogP contribution in [-0.2, 0) is 0 Å². The molecule has 1 N–H and O–H groups in total. The lowest BCUT2D eigenvalue weighted by Crippen LogP contribution is -2.43. The fourth-order valence-electron chi connectivity index (χ4n) is 1.82. The molecule has 0 spiro atoms. The van der Waals surface area contributed by atoms with Gasteiger partial charge in [-0.3, -0.25) is 0 Å². The van der Waals surface area contributed by atoms with E-state index in [1.54, 1.807) is 12.1 Å². The van der Waals surface area contributed by atoms with Crippen LogP contribution in [-0.4, -0.2) is 26.2 Å². The van der Waals surface area contributed by atoms with Gasteiger partial charge in [-0.1, -0.05) is 11.6 Å². The van der Waals surface area contributed by atoms with Crippen LogP contribution in [0, 0.1) is 0 Å². The minimum atomic E-state index is -2.52. The highest BCUT2D eigenvalue weighted by molar-refractivity contribution is 6.31. The van der Waals surface area contributed by atoms with Crippen molar-refractivity contribution in [2.24, 2.45) is 0 Å². The van der Waals surface area contributed by atoms with Gasteiger partial charge in [0.2, 0.25) is 0 Å². The second kappa shape index (κ2) is 4.97. The minimum Gasteiger partial charge on any atom is -0.369 e. The first kappa shape index (κ1) is 11.6. The van der Waals surface area contributed by atoms with Crippen molar-refractivity contribution >= 4 is 17.3 Å². The van der Waals surface area contributed by atoms with Gasteiger partial charge in [0.05, 0.1) is 0 Å². The Labute approximate surface area is 98.2 Å². The minimum absolute atomic E-state index is 0.0855. The lowest BCUT2D eigenvalue weighted by atomic mass is 10.2.